The molecule has 0 amide bonds. The molecule has 0 atom stereocenters. The lowest BCUT2D eigenvalue weighted by atomic mass is 9.78. The van der Waals surface area contributed by atoms with Gasteiger partial charge in [0.15, 0.2) is 0 Å². The average Bonchev–Trinajstić information content (AvgIpc) is 2.06. The fourth-order valence-electron chi connectivity index (χ4n) is 1.87. The molecule has 0 unspecified atom stereocenters. The summed E-state index contributed by atoms with van der Waals surface area (Å²) in [6.45, 7) is 5.69. The van der Waals surface area contributed by atoms with Crippen LogP contribution in [0.4, 0.5) is 5.69 Å². The van der Waals surface area contributed by atoms with Gasteiger partial charge in [0.25, 0.3) is 0 Å². The van der Waals surface area contributed by atoms with E-state index in [1.165, 1.54) is 22.1 Å². The van der Waals surface area contributed by atoms with E-state index in [-0.39, 0.29) is 12.4 Å². The molecule has 2 rings (SSSR count). The smallest absolute Gasteiger partial charge is 0.0379 e. The summed E-state index contributed by atoms with van der Waals surface area (Å²) in [6.07, 6.45) is 1.20. The van der Waals surface area contributed by atoms with Crippen molar-refractivity contribution in [3.8, 4) is 0 Å². The summed E-state index contributed by atoms with van der Waals surface area (Å²) in [7, 11) is 0. The van der Waals surface area contributed by atoms with Crippen molar-refractivity contribution >= 4 is 34.0 Å². The van der Waals surface area contributed by atoms with Crippen molar-refractivity contribution in [3.63, 3.8) is 0 Å². The van der Waals surface area contributed by atoms with E-state index >= 15 is 0 Å². The number of hydrogen-bond donors (Lipinski definition) is 1. The minimum Gasteiger partial charge on any atom is -0.385 e. The molecule has 0 aromatic heterocycles. The minimum absolute atomic E-state index is 0. The highest BCUT2D eigenvalue weighted by molar-refractivity contribution is 9.10. The van der Waals surface area contributed by atoms with Crippen LogP contribution in [0.2, 0.25) is 0 Å². The number of anilines is 1. The van der Waals surface area contributed by atoms with Gasteiger partial charge in [0, 0.05) is 16.7 Å². The van der Waals surface area contributed by atoms with Crippen molar-refractivity contribution in [1.82, 2.24) is 0 Å². The normalized spacial score (nSPS) is 17.6. The first-order valence-electron chi connectivity index (χ1n) is 4.63. The van der Waals surface area contributed by atoms with Gasteiger partial charge >= 0.3 is 0 Å². The molecule has 1 nitrogen and oxygen atoms in total. The first-order valence-corrected chi connectivity index (χ1v) is 5.43. The Kier molecular flexibility index (Phi) is 3.49. The molecule has 14 heavy (non-hydrogen) atoms. The fourth-order valence-corrected chi connectivity index (χ4v) is 2.24. The quantitative estimate of drug-likeness (QED) is 0.756. The molecular weight excluding hydrogens is 261 g/mol. The summed E-state index contributed by atoms with van der Waals surface area (Å²) in [5.41, 5.74) is 3.03. The van der Waals surface area contributed by atoms with Crippen molar-refractivity contribution in [2.45, 2.75) is 25.7 Å². The maximum absolute atomic E-state index is 3.51. The van der Waals surface area contributed by atoms with Crippen LogP contribution >= 0.6 is 28.3 Å². The first kappa shape index (κ1) is 11.9. The van der Waals surface area contributed by atoms with Crippen LogP contribution in [-0.2, 0) is 5.41 Å². The molecule has 0 radical (unpaired) electrons. The van der Waals surface area contributed by atoms with E-state index in [0.717, 1.165) is 6.54 Å². The van der Waals surface area contributed by atoms with Gasteiger partial charge < -0.3 is 5.32 Å². The molecule has 0 bridgehead atoms. The van der Waals surface area contributed by atoms with Gasteiger partial charge in [0.1, 0.15) is 0 Å². The van der Waals surface area contributed by atoms with Crippen LogP contribution in [0.1, 0.15) is 25.8 Å². The molecule has 1 N–H and O–H groups in total. The molecular formula is C11H15BrClN. The number of benzene rings is 1. The lowest BCUT2D eigenvalue weighted by Crippen LogP contribution is -2.28. The summed E-state index contributed by atoms with van der Waals surface area (Å²) in [5, 5.41) is 3.42. The van der Waals surface area contributed by atoms with Gasteiger partial charge in [0.2, 0.25) is 0 Å². The van der Waals surface area contributed by atoms with Gasteiger partial charge in [-0.15, -0.1) is 12.4 Å². The molecule has 0 aliphatic carbocycles. The zero-order valence-corrected chi connectivity index (χ0v) is 10.8. The predicted octanol–water partition coefficient (Wildman–Crippen LogP) is 3.96. The monoisotopic (exact) mass is 275 g/mol. The zero-order valence-electron chi connectivity index (χ0n) is 8.43. The Hall–Kier alpha value is -0.210. The summed E-state index contributed by atoms with van der Waals surface area (Å²) < 4.78 is 1.17. The zero-order chi connectivity index (χ0) is 9.47. The third kappa shape index (κ3) is 2.06. The molecule has 1 aromatic carbocycles. The third-order valence-corrected chi connectivity index (χ3v) is 3.27. The Labute approximate surface area is 99.8 Å². The molecule has 1 aliphatic rings. The topological polar surface area (TPSA) is 12.0 Å². The van der Waals surface area contributed by atoms with E-state index < -0.39 is 0 Å². The Morgan fingerprint density at radius 2 is 2.07 bits per heavy atom. The van der Waals surface area contributed by atoms with Gasteiger partial charge in [-0.3, -0.25) is 0 Å². The van der Waals surface area contributed by atoms with Gasteiger partial charge in [-0.05, 0) is 35.6 Å². The second-order valence-electron chi connectivity index (χ2n) is 4.25. The van der Waals surface area contributed by atoms with Crippen LogP contribution in [0, 0.1) is 0 Å². The number of nitrogens with one attached hydrogen (secondary N) is 1. The van der Waals surface area contributed by atoms with Crippen LogP contribution in [0.5, 0.6) is 0 Å². The maximum Gasteiger partial charge on any atom is 0.0379 e. The van der Waals surface area contributed by atoms with E-state index in [9.17, 15) is 0 Å². The van der Waals surface area contributed by atoms with Crippen molar-refractivity contribution in [1.29, 1.82) is 0 Å². The van der Waals surface area contributed by atoms with E-state index in [2.05, 4.69) is 53.3 Å². The average molecular weight is 277 g/mol. The first-order chi connectivity index (χ1) is 6.09. The van der Waals surface area contributed by atoms with Crippen LogP contribution in [0.15, 0.2) is 22.7 Å². The van der Waals surface area contributed by atoms with Crippen molar-refractivity contribution in [2.75, 3.05) is 11.9 Å². The van der Waals surface area contributed by atoms with Crippen LogP contribution < -0.4 is 5.32 Å². The summed E-state index contributed by atoms with van der Waals surface area (Å²) in [5.74, 6) is 0. The Morgan fingerprint density at radius 3 is 2.79 bits per heavy atom. The summed E-state index contributed by atoms with van der Waals surface area (Å²) in [4.78, 5) is 0. The van der Waals surface area contributed by atoms with Crippen molar-refractivity contribution in [3.05, 3.63) is 28.2 Å². The van der Waals surface area contributed by atoms with Gasteiger partial charge in [0.05, 0.1) is 0 Å². The van der Waals surface area contributed by atoms with Crippen molar-refractivity contribution in [2.24, 2.45) is 0 Å². The van der Waals surface area contributed by atoms with Crippen molar-refractivity contribution < 1.29 is 0 Å². The number of fused-ring (bicyclic) bond motifs is 1. The molecule has 0 saturated heterocycles. The Balaban J connectivity index is 0.000000980. The fraction of sp³-hybridized carbons (Fsp3) is 0.455. The van der Waals surface area contributed by atoms with Crippen LogP contribution in [-0.4, -0.2) is 6.54 Å². The molecule has 78 valence electrons. The standard InChI is InChI=1S/C11H14BrN.ClH/c1-11(2)5-6-13-10-4-3-8(12)7-9(10)11;/h3-4,7,13H,5-6H2,1-2H3;1H. The largest absolute Gasteiger partial charge is 0.385 e. The molecule has 3 heteroatoms. The minimum atomic E-state index is 0. The molecule has 1 aromatic rings. The second kappa shape index (κ2) is 4.11. The highest BCUT2D eigenvalue weighted by Gasteiger charge is 2.26. The molecule has 0 spiro atoms. The van der Waals surface area contributed by atoms with Crippen LogP contribution in [0.25, 0.3) is 0 Å². The second-order valence-corrected chi connectivity index (χ2v) is 5.17. The number of halogens is 2. The van der Waals surface area contributed by atoms with Gasteiger partial charge in [-0.25, -0.2) is 0 Å². The Bertz CT molecular complexity index is 336. The lowest BCUT2D eigenvalue weighted by Gasteiger charge is -2.33. The predicted molar refractivity (Wildman–Crippen MR) is 67.5 cm³/mol. The van der Waals surface area contributed by atoms with E-state index in [1.807, 2.05) is 0 Å². The van der Waals surface area contributed by atoms with E-state index in [1.54, 1.807) is 0 Å². The van der Waals surface area contributed by atoms with Gasteiger partial charge in [-0.2, -0.15) is 0 Å². The highest BCUT2D eigenvalue weighted by Crippen LogP contribution is 2.37. The maximum atomic E-state index is 3.51. The van der Waals surface area contributed by atoms with E-state index in [0.29, 0.717) is 5.41 Å². The van der Waals surface area contributed by atoms with Crippen LogP contribution in [0.3, 0.4) is 0 Å². The molecule has 0 saturated carbocycles. The molecule has 1 aliphatic heterocycles. The SMILES string of the molecule is CC1(C)CCNc2ccc(Br)cc21.Cl. The number of hydrogen-bond acceptors (Lipinski definition) is 1. The Morgan fingerprint density at radius 1 is 1.36 bits per heavy atom. The lowest BCUT2D eigenvalue weighted by molar-refractivity contribution is 0.482. The summed E-state index contributed by atoms with van der Waals surface area (Å²) in [6, 6.07) is 6.47. The van der Waals surface area contributed by atoms with E-state index in [4.69, 9.17) is 0 Å². The summed E-state index contributed by atoms with van der Waals surface area (Å²) >= 11 is 3.51. The number of rotatable bonds is 0. The molecule has 0 fully saturated rings. The molecule has 1 heterocycles. The van der Waals surface area contributed by atoms with Gasteiger partial charge in [-0.1, -0.05) is 29.8 Å². The third-order valence-electron chi connectivity index (χ3n) is 2.78. The highest BCUT2D eigenvalue weighted by atomic mass is 79.9.